The van der Waals surface area contributed by atoms with Crippen molar-refractivity contribution < 1.29 is 38.9 Å². The molecule has 4 N–H and O–H groups in total. The maximum atomic E-state index is 11.7. The van der Waals surface area contributed by atoms with Crippen LogP contribution in [0.4, 0.5) is 9.59 Å². The van der Waals surface area contributed by atoms with E-state index in [9.17, 15) is 14.1 Å². The lowest BCUT2D eigenvalue weighted by Crippen LogP contribution is -2.23. The molecule has 0 aromatic carbocycles. The summed E-state index contributed by atoms with van der Waals surface area (Å²) >= 11 is 14.9. The third-order valence-electron chi connectivity index (χ3n) is 3.79. The zero-order chi connectivity index (χ0) is 32.9. The van der Waals surface area contributed by atoms with Crippen molar-refractivity contribution in [3.05, 3.63) is 0 Å². The zero-order valence-corrected chi connectivity index (χ0v) is 33.6. The Hall–Kier alpha value is 1.57. The summed E-state index contributed by atoms with van der Waals surface area (Å²) in [5.74, 6) is 3.94. The summed E-state index contributed by atoms with van der Waals surface area (Å²) in [6.07, 6.45) is 2.02. The van der Waals surface area contributed by atoms with Crippen molar-refractivity contribution in [1.82, 2.24) is 10.6 Å². The van der Waals surface area contributed by atoms with E-state index in [0.717, 1.165) is 30.5 Å². The van der Waals surface area contributed by atoms with Crippen LogP contribution in [0.25, 0.3) is 0 Å². The van der Waals surface area contributed by atoms with Gasteiger partial charge in [-0.25, -0.2) is 14.8 Å². The summed E-state index contributed by atoms with van der Waals surface area (Å²) in [5, 5.41) is 27.9. The van der Waals surface area contributed by atoms with Crippen molar-refractivity contribution in [1.29, 1.82) is 0 Å². The first kappa shape index (κ1) is 46.6. The summed E-state index contributed by atoms with van der Waals surface area (Å²) in [6.45, 7) is 0.152. The van der Waals surface area contributed by atoms with Gasteiger partial charge in [0.15, 0.2) is 0 Å². The molecule has 0 radical (unpaired) electrons. The van der Waals surface area contributed by atoms with E-state index >= 15 is 0 Å². The van der Waals surface area contributed by atoms with Gasteiger partial charge in [0.05, 0.1) is 23.5 Å². The average Bonchev–Trinajstić information content (AvgIpc) is 3.03. The number of aliphatic hydroxyl groups is 2. The average molecular weight is 843 g/mol. The van der Waals surface area contributed by atoms with Crippen LogP contribution in [0.3, 0.4) is 0 Å². The Morgan fingerprint density at radius 2 is 1.36 bits per heavy atom. The third-order valence-corrected chi connectivity index (χ3v) is 15.7. The van der Waals surface area contributed by atoms with Crippen LogP contribution in [0.2, 0.25) is 0 Å². The number of hydrogen-bond acceptors (Lipinski definition) is 20. The van der Waals surface area contributed by atoms with Crippen molar-refractivity contribution in [2.24, 2.45) is 9.98 Å². The molecule has 0 aliphatic heterocycles. The van der Waals surface area contributed by atoms with Crippen molar-refractivity contribution in [2.75, 3.05) is 90.6 Å². The Morgan fingerprint density at radius 3 is 2.04 bits per heavy atom. The lowest BCUT2D eigenvalue weighted by molar-refractivity contribution is -0.196. The van der Waals surface area contributed by atoms with Crippen LogP contribution < -0.4 is 10.6 Å². The Balaban J connectivity index is 3.28. The SMILES string of the molecule is O=C(NCSCSCSC/N=C\[S+]([O-])CCCO)OCSCSCSCOO/C=N\CSCSCSCNC(=O)SCCCO. The number of carbonyl (C=O) groups is 2. The minimum absolute atomic E-state index is 0.0437. The smallest absolute Gasteiger partial charge is 0.408 e. The van der Waals surface area contributed by atoms with Crippen LogP contribution >= 0.6 is 118 Å². The van der Waals surface area contributed by atoms with Gasteiger partial charge in [0, 0.05) is 55.9 Å². The number of rotatable bonds is 33. The Kier molecular flexibility index (Phi) is 41.4. The monoisotopic (exact) mass is 842 g/mol. The van der Waals surface area contributed by atoms with Crippen LogP contribution in [0, 0.1) is 0 Å². The molecule has 0 saturated carbocycles. The summed E-state index contributed by atoms with van der Waals surface area (Å²) in [5.41, 5.74) is 1.45. The second-order valence-corrected chi connectivity index (χ2v) is 20.6. The van der Waals surface area contributed by atoms with Gasteiger partial charge in [-0.3, -0.25) is 4.79 Å². The molecule has 1 unspecified atom stereocenters. The minimum Gasteiger partial charge on any atom is -0.611 e. The molecule has 2 amide bonds. The number of nitrogens with one attached hydrogen (secondary N) is 2. The Bertz CT molecular complexity index is 742. The van der Waals surface area contributed by atoms with Crippen LogP contribution in [0.15, 0.2) is 9.98 Å². The van der Waals surface area contributed by atoms with E-state index < -0.39 is 17.3 Å². The fourth-order valence-electron chi connectivity index (χ4n) is 1.96. The predicted molar refractivity (Wildman–Crippen MR) is 213 cm³/mol. The van der Waals surface area contributed by atoms with E-state index in [1.807, 2.05) is 0 Å². The number of aliphatic hydroxyl groups excluding tert-OH is 2. The molecular formula is C22H42N4O8S11. The lowest BCUT2D eigenvalue weighted by atomic mass is 10.5. The van der Waals surface area contributed by atoms with E-state index in [1.54, 1.807) is 94.1 Å². The number of alkyl carbamates (subject to hydrolysis) is 1. The fraction of sp³-hybridized carbons (Fsp3) is 0.818. The molecule has 0 rings (SSSR count). The molecule has 0 saturated heterocycles. The van der Waals surface area contributed by atoms with Gasteiger partial charge in [0.1, 0.15) is 17.6 Å². The van der Waals surface area contributed by atoms with E-state index in [0.29, 0.717) is 59.7 Å². The molecular weight excluding hydrogens is 801 g/mol. The number of nitrogens with zero attached hydrogens (tertiary/aromatic N) is 2. The molecule has 264 valence electrons. The van der Waals surface area contributed by atoms with Crippen molar-refractivity contribution in [3.63, 3.8) is 0 Å². The highest BCUT2D eigenvalue weighted by atomic mass is 32.2. The Labute approximate surface area is 312 Å². The van der Waals surface area contributed by atoms with Gasteiger partial charge >= 0.3 is 6.09 Å². The molecule has 0 fully saturated rings. The first-order valence-corrected chi connectivity index (χ1v) is 25.7. The fourth-order valence-corrected chi connectivity index (χ4v) is 11.9. The number of ether oxygens (including phenoxy) is 1. The molecule has 1 atom stereocenters. The third kappa shape index (κ3) is 39.9. The van der Waals surface area contributed by atoms with Gasteiger partial charge < -0.3 is 35.0 Å². The maximum Gasteiger partial charge on any atom is 0.408 e. The highest BCUT2D eigenvalue weighted by Gasteiger charge is 2.03. The number of hydrogen-bond donors (Lipinski definition) is 4. The standard InChI is InChI=1S/C22H42N4O8S11/c27-3-1-5-44-22(30)26-11-38-18-41-15-35-8-23-7-33-34-14-40-20-43-19-39-13-32-21(29)25-10-37-17-42-16-36-9-24-12-45(31)6-2-4-28/h7,12,27-28H,1-6,8-11,13-20H2,(H,25,29)(H,26,30)/b23-7-,24-12-. The lowest BCUT2D eigenvalue weighted by Gasteiger charge is -2.06. The van der Waals surface area contributed by atoms with Gasteiger partial charge in [0.2, 0.25) is 11.9 Å². The van der Waals surface area contributed by atoms with E-state index in [4.69, 9.17) is 24.7 Å². The van der Waals surface area contributed by atoms with Crippen LogP contribution in [0.5, 0.6) is 0 Å². The maximum absolute atomic E-state index is 11.7. The summed E-state index contributed by atoms with van der Waals surface area (Å²) in [6, 6.07) is 0. The molecule has 0 aromatic rings. The molecule has 0 heterocycles. The molecule has 0 aliphatic rings. The number of thioether (sulfide) groups is 10. The van der Waals surface area contributed by atoms with Gasteiger partial charge in [-0.15, -0.1) is 106 Å². The summed E-state index contributed by atoms with van der Waals surface area (Å²) in [7, 11) is 0. The largest absolute Gasteiger partial charge is 0.611 e. The predicted octanol–water partition coefficient (Wildman–Crippen LogP) is 5.76. The summed E-state index contributed by atoms with van der Waals surface area (Å²) < 4.78 is 16.6. The second-order valence-electron chi connectivity index (χ2n) is 7.28. The van der Waals surface area contributed by atoms with Crippen LogP contribution in [0.1, 0.15) is 12.8 Å². The van der Waals surface area contributed by atoms with Crippen molar-refractivity contribution in [2.45, 2.75) is 12.8 Å². The minimum atomic E-state index is -1.10. The van der Waals surface area contributed by atoms with Gasteiger partial charge in [-0.2, -0.15) is 4.89 Å². The van der Waals surface area contributed by atoms with Gasteiger partial charge in [0.25, 0.3) is 5.24 Å². The molecule has 0 bridgehead atoms. The number of aliphatic imine (C=N–C) groups is 2. The highest BCUT2D eigenvalue weighted by molar-refractivity contribution is 8.23. The first-order valence-electron chi connectivity index (χ1n) is 13.0. The summed E-state index contributed by atoms with van der Waals surface area (Å²) in [4.78, 5) is 41.4. The highest BCUT2D eigenvalue weighted by Crippen LogP contribution is 2.19. The van der Waals surface area contributed by atoms with Crippen molar-refractivity contribution >= 4 is 152 Å². The van der Waals surface area contributed by atoms with E-state index in [-0.39, 0.29) is 18.5 Å². The molecule has 23 heteroatoms. The number of amides is 2. The molecule has 0 spiro atoms. The van der Waals surface area contributed by atoms with Crippen molar-refractivity contribution in [3.8, 4) is 0 Å². The zero-order valence-electron chi connectivity index (χ0n) is 24.6. The first-order chi connectivity index (χ1) is 22.1. The van der Waals surface area contributed by atoms with E-state index in [2.05, 4.69) is 20.6 Å². The Morgan fingerprint density at radius 1 is 0.756 bits per heavy atom. The normalized spacial score (nSPS) is 12.2. The van der Waals surface area contributed by atoms with Crippen LogP contribution in [-0.4, -0.2) is 129 Å². The molecule has 0 aliphatic carbocycles. The quantitative estimate of drug-likeness (QED) is 0.0119. The molecule has 45 heavy (non-hydrogen) atoms. The van der Waals surface area contributed by atoms with Crippen LogP contribution in [-0.2, 0) is 25.7 Å². The molecule has 12 nitrogen and oxygen atoms in total. The topological polar surface area (TPSA) is 174 Å². The van der Waals surface area contributed by atoms with Gasteiger partial charge in [-0.05, 0) is 17.6 Å². The molecule has 0 aromatic heterocycles. The van der Waals surface area contributed by atoms with Gasteiger partial charge in [-0.1, -0.05) is 11.8 Å². The number of carbonyl (C=O) groups excluding carboxylic acids is 2. The van der Waals surface area contributed by atoms with E-state index in [1.165, 1.54) is 35.5 Å². The second kappa shape index (κ2) is 40.0.